The second kappa shape index (κ2) is 4.44. The van der Waals surface area contributed by atoms with Gasteiger partial charge in [-0.05, 0) is 37.8 Å². The predicted octanol–water partition coefficient (Wildman–Crippen LogP) is 2.62. The number of esters is 1. The Balaban J connectivity index is 2.06. The molecule has 1 fully saturated rings. The molecular weight excluding hydrogens is 228 g/mol. The molecule has 18 heavy (non-hydrogen) atoms. The highest BCUT2D eigenvalue weighted by molar-refractivity contribution is 5.91. The van der Waals surface area contributed by atoms with Crippen molar-refractivity contribution in [3.8, 4) is 0 Å². The Hall–Kier alpha value is -1.84. The van der Waals surface area contributed by atoms with Crippen LogP contribution in [0.2, 0.25) is 0 Å². The van der Waals surface area contributed by atoms with Crippen LogP contribution in [-0.2, 0) is 11.3 Å². The SMILES string of the molecule is CCOC(=O)c1nc2ccccc2n1CC1CC1. The molecule has 1 aromatic carbocycles. The first-order valence-electron chi connectivity index (χ1n) is 6.42. The third-order valence-corrected chi connectivity index (χ3v) is 3.25. The monoisotopic (exact) mass is 244 g/mol. The van der Waals surface area contributed by atoms with Crippen LogP contribution >= 0.6 is 0 Å². The van der Waals surface area contributed by atoms with Gasteiger partial charge in [-0.3, -0.25) is 0 Å². The summed E-state index contributed by atoms with van der Waals surface area (Å²) in [5.74, 6) is 0.801. The normalized spacial score (nSPS) is 14.9. The van der Waals surface area contributed by atoms with Crippen molar-refractivity contribution in [2.45, 2.75) is 26.3 Å². The van der Waals surface area contributed by atoms with Gasteiger partial charge in [0.15, 0.2) is 0 Å². The van der Waals surface area contributed by atoms with E-state index in [9.17, 15) is 4.79 Å². The number of imidazole rings is 1. The number of ether oxygens (including phenoxy) is 1. The zero-order valence-electron chi connectivity index (χ0n) is 10.4. The van der Waals surface area contributed by atoms with Crippen molar-refractivity contribution < 1.29 is 9.53 Å². The van der Waals surface area contributed by atoms with Crippen molar-refractivity contribution in [1.82, 2.24) is 9.55 Å². The van der Waals surface area contributed by atoms with Crippen LogP contribution in [0.15, 0.2) is 24.3 Å². The number of hydrogen-bond acceptors (Lipinski definition) is 3. The highest BCUT2D eigenvalue weighted by atomic mass is 16.5. The average molecular weight is 244 g/mol. The summed E-state index contributed by atoms with van der Waals surface area (Å²) in [6, 6.07) is 7.85. The minimum Gasteiger partial charge on any atom is -0.460 e. The molecule has 1 aromatic heterocycles. The molecule has 1 aliphatic rings. The zero-order chi connectivity index (χ0) is 12.5. The first-order valence-corrected chi connectivity index (χ1v) is 6.42. The largest absolute Gasteiger partial charge is 0.460 e. The highest BCUT2D eigenvalue weighted by Gasteiger charge is 2.26. The summed E-state index contributed by atoms with van der Waals surface area (Å²) in [5, 5.41) is 0. The summed E-state index contributed by atoms with van der Waals surface area (Å²) in [6.07, 6.45) is 2.49. The van der Waals surface area contributed by atoms with Crippen molar-refractivity contribution in [2.75, 3.05) is 6.61 Å². The van der Waals surface area contributed by atoms with Crippen LogP contribution in [0.5, 0.6) is 0 Å². The molecule has 94 valence electrons. The molecule has 4 heteroatoms. The van der Waals surface area contributed by atoms with Gasteiger partial charge in [0.05, 0.1) is 17.6 Å². The Morgan fingerprint density at radius 2 is 2.22 bits per heavy atom. The fraction of sp³-hybridized carbons (Fsp3) is 0.429. The van der Waals surface area contributed by atoms with E-state index in [-0.39, 0.29) is 5.97 Å². The van der Waals surface area contributed by atoms with Crippen LogP contribution in [0.3, 0.4) is 0 Å². The van der Waals surface area contributed by atoms with E-state index in [0.717, 1.165) is 17.6 Å². The maximum atomic E-state index is 11.9. The second-order valence-electron chi connectivity index (χ2n) is 4.70. The van der Waals surface area contributed by atoms with Crippen molar-refractivity contribution >= 4 is 17.0 Å². The van der Waals surface area contributed by atoms with Gasteiger partial charge in [0, 0.05) is 6.54 Å². The van der Waals surface area contributed by atoms with E-state index in [1.807, 2.05) is 35.8 Å². The molecule has 0 unspecified atom stereocenters. The van der Waals surface area contributed by atoms with Crippen molar-refractivity contribution in [3.63, 3.8) is 0 Å². The minimum atomic E-state index is -0.325. The Kier molecular flexibility index (Phi) is 2.78. The van der Waals surface area contributed by atoms with E-state index < -0.39 is 0 Å². The lowest BCUT2D eigenvalue weighted by Crippen LogP contribution is -2.14. The number of benzene rings is 1. The number of hydrogen-bond donors (Lipinski definition) is 0. The van der Waals surface area contributed by atoms with Gasteiger partial charge in [0.1, 0.15) is 0 Å². The van der Waals surface area contributed by atoms with E-state index in [1.165, 1.54) is 12.8 Å². The highest BCUT2D eigenvalue weighted by Crippen LogP contribution is 2.32. The summed E-state index contributed by atoms with van der Waals surface area (Å²) in [4.78, 5) is 16.3. The molecule has 0 radical (unpaired) electrons. The smallest absolute Gasteiger partial charge is 0.374 e. The van der Waals surface area contributed by atoms with Crippen LogP contribution in [-0.4, -0.2) is 22.1 Å². The second-order valence-corrected chi connectivity index (χ2v) is 4.70. The van der Waals surface area contributed by atoms with Gasteiger partial charge in [-0.1, -0.05) is 12.1 Å². The summed E-state index contributed by atoms with van der Waals surface area (Å²) in [6.45, 7) is 3.06. The Morgan fingerprint density at radius 3 is 2.94 bits per heavy atom. The minimum absolute atomic E-state index is 0.325. The number of aromatic nitrogens is 2. The number of carbonyl (C=O) groups is 1. The molecule has 0 N–H and O–H groups in total. The summed E-state index contributed by atoms with van der Waals surface area (Å²) >= 11 is 0. The van der Waals surface area contributed by atoms with Gasteiger partial charge in [0.25, 0.3) is 0 Å². The summed E-state index contributed by atoms with van der Waals surface area (Å²) in [7, 11) is 0. The maximum absolute atomic E-state index is 11.9. The van der Waals surface area contributed by atoms with Crippen LogP contribution in [0.4, 0.5) is 0 Å². The summed E-state index contributed by atoms with van der Waals surface area (Å²) < 4.78 is 7.08. The van der Waals surface area contributed by atoms with Crippen molar-refractivity contribution in [3.05, 3.63) is 30.1 Å². The fourth-order valence-electron chi connectivity index (χ4n) is 2.17. The lowest BCUT2D eigenvalue weighted by atomic mass is 10.3. The Morgan fingerprint density at radius 1 is 1.44 bits per heavy atom. The molecule has 0 aliphatic heterocycles. The molecule has 0 saturated heterocycles. The van der Waals surface area contributed by atoms with Crippen LogP contribution < -0.4 is 0 Å². The third kappa shape index (κ3) is 1.98. The molecule has 0 bridgehead atoms. The lowest BCUT2D eigenvalue weighted by molar-refractivity contribution is 0.0506. The molecule has 2 aromatic rings. The van der Waals surface area contributed by atoms with Gasteiger partial charge >= 0.3 is 5.97 Å². The molecule has 1 heterocycles. The van der Waals surface area contributed by atoms with Gasteiger partial charge in [-0.25, -0.2) is 9.78 Å². The Bertz CT molecular complexity index is 584. The van der Waals surface area contributed by atoms with Gasteiger partial charge in [-0.15, -0.1) is 0 Å². The Labute approximate surface area is 106 Å². The molecule has 0 atom stereocenters. The van der Waals surface area contributed by atoms with E-state index in [1.54, 1.807) is 0 Å². The number of carbonyl (C=O) groups excluding carboxylic acids is 1. The quantitative estimate of drug-likeness (QED) is 0.776. The number of fused-ring (bicyclic) bond motifs is 1. The lowest BCUT2D eigenvalue weighted by Gasteiger charge is -2.07. The maximum Gasteiger partial charge on any atom is 0.374 e. The third-order valence-electron chi connectivity index (χ3n) is 3.25. The van der Waals surface area contributed by atoms with Crippen molar-refractivity contribution in [2.24, 2.45) is 5.92 Å². The van der Waals surface area contributed by atoms with E-state index in [4.69, 9.17) is 4.74 Å². The van der Waals surface area contributed by atoms with Gasteiger partial charge in [-0.2, -0.15) is 0 Å². The van der Waals surface area contributed by atoms with Crippen LogP contribution in [0.1, 0.15) is 30.4 Å². The van der Waals surface area contributed by atoms with Crippen LogP contribution in [0.25, 0.3) is 11.0 Å². The summed E-state index contributed by atoms with van der Waals surface area (Å²) in [5.41, 5.74) is 1.88. The number of nitrogens with zero attached hydrogens (tertiary/aromatic N) is 2. The molecule has 4 nitrogen and oxygen atoms in total. The number of rotatable bonds is 4. The molecule has 3 rings (SSSR count). The first kappa shape index (κ1) is 11.3. The molecule has 0 amide bonds. The van der Waals surface area contributed by atoms with Crippen LogP contribution in [0, 0.1) is 5.92 Å². The molecule has 0 spiro atoms. The van der Waals surface area contributed by atoms with Crippen molar-refractivity contribution in [1.29, 1.82) is 0 Å². The molecule has 1 aliphatic carbocycles. The predicted molar refractivity (Wildman–Crippen MR) is 68.4 cm³/mol. The molecule has 1 saturated carbocycles. The zero-order valence-corrected chi connectivity index (χ0v) is 10.4. The number of para-hydroxylation sites is 2. The van der Waals surface area contributed by atoms with E-state index in [2.05, 4.69) is 4.98 Å². The van der Waals surface area contributed by atoms with E-state index in [0.29, 0.717) is 18.3 Å². The average Bonchev–Trinajstić information content (AvgIpc) is 3.11. The van der Waals surface area contributed by atoms with Gasteiger partial charge < -0.3 is 9.30 Å². The van der Waals surface area contributed by atoms with E-state index >= 15 is 0 Å². The first-order chi connectivity index (χ1) is 8.79. The fourth-order valence-corrected chi connectivity index (χ4v) is 2.17. The standard InChI is InChI=1S/C14H16N2O2/c1-2-18-14(17)13-15-11-5-3-4-6-12(11)16(13)9-10-7-8-10/h3-6,10H,2,7-9H2,1H3. The van der Waals surface area contributed by atoms with Gasteiger partial charge in [0.2, 0.25) is 5.82 Å². The molecular formula is C14H16N2O2. The topological polar surface area (TPSA) is 44.1 Å².